The molecule has 0 saturated heterocycles. The number of hydrogen-bond acceptors (Lipinski definition) is 5. The lowest BCUT2D eigenvalue weighted by molar-refractivity contribution is 0.355. The fourth-order valence-electron chi connectivity index (χ4n) is 3.03. The minimum atomic E-state index is -0.363. The lowest BCUT2D eigenvalue weighted by Gasteiger charge is -2.09. The molecule has 0 aliphatic heterocycles. The second kappa shape index (κ2) is 8.67. The summed E-state index contributed by atoms with van der Waals surface area (Å²) in [6.07, 6.45) is 1.55. The first-order chi connectivity index (χ1) is 14.9. The summed E-state index contributed by atoms with van der Waals surface area (Å²) in [5.74, 6) is 2.05. The molecular formula is C22H15Cl3N2O4. The zero-order valence-corrected chi connectivity index (χ0v) is 18.6. The quantitative estimate of drug-likeness (QED) is 0.368. The molecule has 0 aliphatic carbocycles. The average Bonchev–Trinajstić information content (AvgIpc) is 3.22. The van der Waals surface area contributed by atoms with Gasteiger partial charge in [-0.2, -0.15) is 0 Å². The Kier molecular flexibility index (Phi) is 5.96. The summed E-state index contributed by atoms with van der Waals surface area (Å²) < 4.78 is 16.3. The molecule has 0 spiro atoms. The van der Waals surface area contributed by atoms with Crippen LogP contribution in [-0.4, -0.2) is 24.2 Å². The van der Waals surface area contributed by atoms with Crippen LogP contribution in [0.15, 0.2) is 51.7 Å². The molecule has 1 N–H and O–H groups in total. The third-order valence-electron chi connectivity index (χ3n) is 4.53. The molecule has 0 unspecified atom stereocenters. The lowest BCUT2D eigenvalue weighted by atomic mass is 10.2. The van der Waals surface area contributed by atoms with E-state index in [9.17, 15) is 4.79 Å². The standard InChI is InChI=1S/C22H15Cl3N2O4/c1-29-19-9-14-17(10-20(19)30-2)26-21(27-22(14)28)16(25)8-12-4-6-18(31-12)13-7-11(23)3-5-15(13)24/h3-10H,1-2H3,(H,26,27,28)/b16-8-. The van der Waals surface area contributed by atoms with Gasteiger partial charge in [-0.1, -0.05) is 34.8 Å². The summed E-state index contributed by atoms with van der Waals surface area (Å²) >= 11 is 18.7. The third kappa shape index (κ3) is 4.28. The van der Waals surface area contributed by atoms with Crippen molar-refractivity contribution in [2.24, 2.45) is 0 Å². The number of rotatable bonds is 5. The van der Waals surface area contributed by atoms with Crippen LogP contribution in [0.25, 0.3) is 33.3 Å². The van der Waals surface area contributed by atoms with Crippen LogP contribution in [0.2, 0.25) is 10.0 Å². The number of nitrogens with zero attached hydrogens (tertiary/aromatic N) is 1. The highest BCUT2D eigenvalue weighted by atomic mass is 35.5. The second-order valence-electron chi connectivity index (χ2n) is 6.46. The Morgan fingerprint density at radius 2 is 1.81 bits per heavy atom. The van der Waals surface area contributed by atoms with Gasteiger partial charge in [-0.3, -0.25) is 4.79 Å². The number of H-pyrrole nitrogens is 1. The van der Waals surface area contributed by atoms with Crippen LogP contribution in [-0.2, 0) is 0 Å². The lowest BCUT2D eigenvalue weighted by Crippen LogP contribution is -2.11. The number of fused-ring (bicyclic) bond motifs is 1. The van der Waals surface area contributed by atoms with Gasteiger partial charge in [0.15, 0.2) is 17.3 Å². The number of benzene rings is 2. The molecule has 9 heteroatoms. The molecule has 0 radical (unpaired) electrons. The van der Waals surface area contributed by atoms with Gasteiger partial charge in [-0.05, 0) is 36.4 Å². The summed E-state index contributed by atoms with van der Waals surface area (Å²) in [5.41, 5.74) is 0.704. The molecule has 31 heavy (non-hydrogen) atoms. The van der Waals surface area contributed by atoms with E-state index >= 15 is 0 Å². The number of aromatic nitrogens is 2. The van der Waals surface area contributed by atoms with E-state index in [0.717, 1.165) is 0 Å². The van der Waals surface area contributed by atoms with Crippen LogP contribution in [0.4, 0.5) is 0 Å². The van der Waals surface area contributed by atoms with Gasteiger partial charge in [0.2, 0.25) is 0 Å². The van der Waals surface area contributed by atoms with E-state index < -0.39 is 0 Å². The van der Waals surface area contributed by atoms with Gasteiger partial charge in [-0.15, -0.1) is 0 Å². The predicted molar refractivity (Wildman–Crippen MR) is 123 cm³/mol. The summed E-state index contributed by atoms with van der Waals surface area (Å²) in [6, 6.07) is 11.8. The highest BCUT2D eigenvalue weighted by molar-refractivity contribution is 6.50. The molecule has 2 heterocycles. The zero-order chi connectivity index (χ0) is 22.1. The van der Waals surface area contributed by atoms with Gasteiger partial charge < -0.3 is 18.9 Å². The Balaban J connectivity index is 1.72. The van der Waals surface area contributed by atoms with Crippen LogP contribution in [0.5, 0.6) is 11.5 Å². The van der Waals surface area contributed by atoms with Gasteiger partial charge in [0, 0.05) is 22.7 Å². The number of nitrogens with one attached hydrogen (secondary N) is 1. The second-order valence-corrected chi connectivity index (χ2v) is 7.71. The van der Waals surface area contributed by atoms with Crippen LogP contribution >= 0.6 is 34.8 Å². The molecule has 0 atom stereocenters. The highest BCUT2D eigenvalue weighted by Gasteiger charge is 2.14. The molecule has 0 fully saturated rings. The Labute approximate surface area is 192 Å². The number of halogens is 3. The van der Waals surface area contributed by atoms with Crippen molar-refractivity contribution < 1.29 is 13.9 Å². The Hall–Kier alpha value is -2.93. The fraction of sp³-hybridized carbons (Fsp3) is 0.0909. The smallest absolute Gasteiger partial charge is 0.259 e. The number of methoxy groups -OCH3 is 2. The van der Waals surface area contributed by atoms with Crippen LogP contribution < -0.4 is 15.0 Å². The predicted octanol–water partition coefficient (Wildman–Crippen LogP) is 6.24. The van der Waals surface area contributed by atoms with E-state index in [4.69, 9.17) is 48.7 Å². The first-order valence-electron chi connectivity index (χ1n) is 8.98. The SMILES string of the molecule is COc1cc2nc(/C(Cl)=C/c3ccc(-c4cc(Cl)ccc4Cl)o3)[nH]c(=O)c2cc1OC. The minimum Gasteiger partial charge on any atom is -0.493 e. The van der Waals surface area contributed by atoms with Crippen molar-refractivity contribution in [2.45, 2.75) is 0 Å². The first kappa shape index (κ1) is 21.3. The summed E-state index contributed by atoms with van der Waals surface area (Å²) in [7, 11) is 3.00. The van der Waals surface area contributed by atoms with Crippen molar-refractivity contribution in [3.8, 4) is 22.8 Å². The number of hydrogen-bond donors (Lipinski definition) is 1. The van der Waals surface area contributed by atoms with Gasteiger partial charge in [0.05, 0.1) is 35.2 Å². The zero-order valence-electron chi connectivity index (χ0n) is 16.3. The molecule has 2 aromatic carbocycles. The Morgan fingerprint density at radius 3 is 2.55 bits per heavy atom. The van der Waals surface area contributed by atoms with Crippen molar-refractivity contribution in [3.05, 3.63) is 74.4 Å². The molecule has 4 rings (SSSR count). The number of ether oxygens (including phenoxy) is 2. The monoisotopic (exact) mass is 476 g/mol. The van der Waals surface area contributed by atoms with Crippen molar-refractivity contribution in [1.29, 1.82) is 0 Å². The topological polar surface area (TPSA) is 77.4 Å². The van der Waals surface area contributed by atoms with Gasteiger partial charge in [-0.25, -0.2) is 4.98 Å². The Bertz CT molecular complexity index is 1380. The van der Waals surface area contributed by atoms with Gasteiger partial charge in [0.25, 0.3) is 5.56 Å². The summed E-state index contributed by atoms with van der Waals surface area (Å²) in [4.78, 5) is 19.7. The average molecular weight is 478 g/mol. The first-order valence-corrected chi connectivity index (χ1v) is 10.1. The largest absolute Gasteiger partial charge is 0.493 e. The minimum absolute atomic E-state index is 0.185. The van der Waals surface area contributed by atoms with Crippen LogP contribution in [0.3, 0.4) is 0 Å². The normalized spacial score (nSPS) is 11.7. The van der Waals surface area contributed by atoms with Crippen LogP contribution in [0, 0.1) is 0 Å². The van der Waals surface area contributed by atoms with Crippen molar-refractivity contribution in [3.63, 3.8) is 0 Å². The summed E-state index contributed by atoms with van der Waals surface area (Å²) in [5, 5.41) is 1.58. The number of furan rings is 1. The highest BCUT2D eigenvalue weighted by Crippen LogP contribution is 2.33. The molecule has 158 valence electrons. The molecule has 0 amide bonds. The molecule has 0 aliphatic rings. The summed E-state index contributed by atoms with van der Waals surface area (Å²) in [6.45, 7) is 0. The maximum absolute atomic E-state index is 12.6. The van der Waals surface area contributed by atoms with Crippen molar-refractivity contribution in [1.82, 2.24) is 9.97 Å². The van der Waals surface area contributed by atoms with E-state index in [0.29, 0.717) is 49.5 Å². The van der Waals surface area contributed by atoms with E-state index in [1.54, 1.807) is 48.5 Å². The van der Waals surface area contributed by atoms with Gasteiger partial charge >= 0.3 is 0 Å². The molecule has 0 bridgehead atoms. The van der Waals surface area contributed by atoms with E-state index in [1.165, 1.54) is 14.2 Å². The van der Waals surface area contributed by atoms with E-state index in [2.05, 4.69) is 9.97 Å². The van der Waals surface area contributed by atoms with E-state index in [-0.39, 0.29) is 16.4 Å². The fourth-order valence-corrected chi connectivity index (χ4v) is 3.61. The van der Waals surface area contributed by atoms with Crippen molar-refractivity contribution in [2.75, 3.05) is 14.2 Å². The third-order valence-corrected chi connectivity index (χ3v) is 5.38. The molecule has 0 saturated carbocycles. The molecule has 6 nitrogen and oxygen atoms in total. The number of aromatic amines is 1. The molecular weight excluding hydrogens is 463 g/mol. The maximum Gasteiger partial charge on any atom is 0.259 e. The van der Waals surface area contributed by atoms with Gasteiger partial charge in [0.1, 0.15) is 11.5 Å². The molecule has 4 aromatic rings. The Morgan fingerprint density at radius 1 is 1.06 bits per heavy atom. The maximum atomic E-state index is 12.6. The van der Waals surface area contributed by atoms with Crippen LogP contribution in [0.1, 0.15) is 11.6 Å². The molecule has 2 aromatic heterocycles. The van der Waals surface area contributed by atoms with E-state index in [1.807, 2.05) is 0 Å². The van der Waals surface area contributed by atoms with Crippen molar-refractivity contribution >= 4 is 56.8 Å².